The summed E-state index contributed by atoms with van der Waals surface area (Å²) in [6.45, 7) is 2.54. The maximum atomic E-state index is 11.5. The van der Waals surface area contributed by atoms with Gasteiger partial charge in [-0.3, -0.25) is 0 Å². The molecule has 1 aromatic heterocycles. The lowest BCUT2D eigenvalue weighted by atomic mass is 10.2. The molecule has 5 nitrogen and oxygen atoms in total. The van der Waals surface area contributed by atoms with E-state index in [0.29, 0.717) is 17.8 Å². The Morgan fingerprint density at radius 3 is 2.89 bits per heavy atom. The zero-order valence-electron chi connectivity index (χ0n) is 10.4. The number of phenols is 1. The van der Waals surface area contributed by atoms with E-state index in [0.717, 1.165) is 5.39 Å². The Morgan fingerprint density at radius 1 is 1.56 bits per heavy atom. The number of nitrogens with zero attached hydrogens (tertiary/aromatic N) is 1. The van der Waals surface area contributed by atoms with E-state index in [1.165, 1.54) is 7.11 Å². The molecule has 2 aromatic rings. The number of esters is 1. The number of hydrogen-bond donors (Lipinski definition) is 2. The number of fused-ring (bicyclic) bond motifs is 1. The molecule has 1 atom stereocenters. The predicted octanol–water partition coefficient (Wildman–Crippen LogP) is 1.54. The van der Waals surface area contributed by atoms with Gasteiger partial charge in [-0.05, 0) is 19.1 Å². The molecule has 1 heterocycles. The number of ether oxygens (including phenoxy) is 1. The molecule has 0 aliphatic rings. The van der Waals surface area contributed by atoms with Crippen molar-refractivity contribution in [1.29, 1.82) is 0 Å². The second-order valence-corrected chi connectivity index (χ2v) is 4.03. The van der Waals surface area contributed by atoms with Gasteiger partial charge in [-0.1, -0.05) is 12.1 Å². The molecule has 0 bridgehead atoms. The fraction of sp³-hybridized carbons (Fsp3) is 0.308. The van der Waals surface area contributed by atoms with E-state index >= 15 is 0 Å². The highest BCUT2D eigenvalue weighted by atomic mass is 16.5. The molecule has 0 amide bonds. The third kappa shape index (κ3) is 1.82. The van der Waals surface area contributed by atoms with Crippen LogP contribution in [0.2, 0.25) is 0 Å². The molecular weight excluding hydrogens is 232 g/mol. The number of para-hydroxylation sites is 1. The van der Waals surface area contributed by atoms with Crippen LogP contribution in [0.5, 0.6) is 5.75 Å². The lowest BCUT2D eigenvalue weighted by Gasteiger charge is -2.13. The van der Waals surface area contributed by atoms with Crippen LogP contribution in [0.3, 0.4) is 0 Å². The number of nitrogens with two attached hydrogens (primary N) is 1. The molecule has 5 heteroatoms. The molecule has 1 aromatic carbocycles. The highest BCUT2D eigenvalue weighted by Gasteiger charge is 2.22. The maximum absolute atomic E-state index is 11.5. The summed E-state index contributed by atoms with van der Waals surface area (Å²) in [5.74, 6) is -0.315. The quantitative estimate of drug-likeness (QED) is 0.808. The third-order valence-electron chi connectivity index (χ3n) is 3.02. The molecule has 96 valence electrons. The normalized spacial score (nSPS) is 12.6. The average Bonchev–Trinajstić information content (AvgIpc) is 2.76. The predicted molar refractivity (Wildman–Crippen MR) is 68.2 cm³/mol. The Bertz CT molecular complexity index is 589. The second kappa shape index (κ2) is 4.70. The Kier molecular flexibility index (Phi) is 3.25. The van der Waals surface area contributed by atoms with E-state index in [2.05, 4.69) is 4.74 Å². The second-order valence-electron chi connectivity index (χ2n) is 4.03. The van der Waals surface area contributed by atoms with Crippen LogP contribution < -0.4 is 5.73 Å². The monoisotopic (exact) mass is 248 g/mol. The number of aryl methyl sites for hydroxylation is 1. The van der Waals surface area contributed by atoms with Crippen LogP contribution in [-0.4, -0.2) is 22.8 Å². The van der Waals surface area contributed by atoms with E-state index in [9.17, 15) is 9.90 Å². The molecular formula is C13H16N2O3. The van der Waals surface area contributed by atoms with Crippen molar-refractivity contribution >= 4 is 16.9 Å². The van der Waals surface area contributed by atoms with Gasteiger partial charge in [0.1, 0.15) is 11.8 Å². The van der Waals surface area contributed by atoms with Gasteiger partial charge >= 0.3 is 5.97 Å². The summed E-state index contributed by atoms with van der Waals surface area (Å²) >= 11 is 0. The first-order valence-corrected chi connectivity index (χ1v) is 5.74. The van der Waals surface area contributed by atoms with E-state index in [-0.39, 0.29) is 5.75 Å². The van der Waals surface area contributed by atoms with Gasteiger partial charge in [-0.15, -0.1) is 0 Å². The van der Waals surface area contributed by atoms with Gasteiger partial charge in [0.05, 0.1) is 12.6 Å². The number of rotatable bonds is 3. The summed E-state index contributed by atoms with van der Waals surface area (Å²) in [6.07, 6.45) is 0. The van der Waals surface area contributed by atoms with Crippen LogP contribution in [0.25, 0.3) is 10.9 Å². The van der Waals surface area contributed by atoms with Crippen LogP contribution in [0.4, 0.5) is 0 Å². The van der Waals surface area contributed by atoms with E-state index in [4.69, 9.17) is 5.73 Å². The summed E-state index contributed by atoms with van der Waals surface area (Å²) in [4.78, 5) is 11.5. The first-order valence-electron chi connectivity index (χ1n) is 5.74. The molecule has 0 spiro atoms. The van der Waals surface area contributed by atoms with Crippen molar-refractivity contribution in [2.75, 3.05) is 7.11 Å². The number of hydrogen-bond acceptors (Lipinski definition) is 4. The summed E-state index contributed by atoms with van der Waals surface area (Å²) in [5.41, 5.74) is 7.19. The number of carbonyl (C=O) groups excluding carboxylic acids is 1. The topological polar surface area (TPSA) is 77.5 Å². The van der Waals surface area contributed by atoms with Crippen molar-refractivity contribution in [2.24, 2.45) is 5.73 Å². The fourth-order valence-corrected chi connectivity index (χ4v) is 2.17. The van der Waals surface area contributed by atoms with Gasteiger partial charge < -0.3 is 20.1 Å². The van der Waals surface area contributed by atoms with E-state index in [1.807, 2.05) is 17.6 Å². The van der Waals surface area contributed by atoms with Crippen molar-refractivity contribution in [3.8, 4) is 5.75 Å². The Hall–Kier alpha value is -2.01. The molecule has 2 rings (SSSR count). The van der Waals surface area contributed by atoms with Crippen molar-refractivity contribution in [3.63, 3.8) is 0 Å². The zero-order chi connectivity index (χ0) is 13.3. The van der Waals surface area contributed by atoms with Crippen LogP contribution in [0.1, 0.15) is 18.7 Å². The first kappa shape index (κ1) is 12.4. The molecule has 18 heavy (non-hydrogen) atoms. The average molecular weight is 248 g/mol. The van der Waals surface area contributed by atoms with Gasteiger partial charge in [-0.25, -0.2) is 4.79 Å². The minimum Gasteiger partial charge on any atom is -0.506 e. The Morgan fingerprint density at radius 2 is 2.28 bits per heavy atom. The van der Waals surface area contributed by atoms with Crippen molar-refractivity contribution < 1.29 is 14.6 Å². The smallest absolute Gasteiger partial charge is 0.328 e. The summed E-state index contributed by atoms with van der Waals surface area (Å²) in [5, 5.41) is 10.7. The summed E-state index contributed by atoms with van der Waals surface area (Å²) in [6, 6.07) is 6.20. The Balaban J connectivity index is 2.65. The van der Waals surface area contributed by atoms with Crippen LogP contribution >= 0.6 is 0 Å². The van der Waals surface area contributed by atoms with Gasteiger partial charge in [0.15, 0.2) is 0 Å². The minimum atomic E-state index is -0.846. The third-order valence-corrected chi connectivity index (χ3v) is 3.02. The molecule has 0 saturated carbocycles. The SMILES string of the molecule is CCn1c(C(N)C(=O)OC)cc2cccc(O)c21. The highest BCUT2D eigenvalue weighted by molar-refractivity contribution is 5.89. The minimum absolute atomic E-state index is 0.178. The first-order chi connectivity index (χ1) is 8.60. The molecule has 0 radical (unpaired) electrons. The summed E-state index contributed by atoms with van der Waals surface area (Å²) in [7, 11) is 1.30. The molecule has 0 fully saturated rings. The van der Waals surface area contributed by atoms with Crippen LogP contribution in [0, 0.1) is 0 Å². The standard InChI is InChI=1S/C13H16N2O3/c1-3-15-9(11(14)13(17)18-2)7-8-5-4-6-10(16)12(8)15/h4-7,11,16H,3,14H2,1-2H3. The number of benzene rings is 1. The maximum Gasteiger partial charge on any atom is 0.328 e. The van der Waals surface area contributed by atoms with E-state index in [1.54, 1.807) is 18.2 Å². The van der Waals surface area contributed by atoms with Crippen molar-refractivity contribution in [1.82, 2.24) is 4.57 Å². The molecule has 1 unspecified atom stereocenters. The highest BCUT2D eigenvalue weighted by Crippen LogP contribution is 2.30. The number of aromatic hydroxyl groups is 1. The number of carbonyl (C=O) groups is 1. The lowest BCUT2D eigenvalue weighted by molar-refractivity contribution is -0.142. The molecule has 0 aliphatic heterocycles. The van der Waals surface area contributed by atoms with E-state index < -0.39 is 12.0 Å². The zero-order valence-corrected chi connectivity index (χ0v) is 10.4. The molecule has 0 saturated heterocycles. The molecule has 3 N–H and O–H groups in total. The molecule has 0 aliphatic carbocycles. The van der Waals surface area contributed by atoms with Crippen molar-refractivity contribution in [3.05, 3.63) is 30.0 Å². The van der Waals surface area contributed by atoms with Gasteiger partial charge in [0.2, 0.25) is 0 Å². The van der Waals surface area contributed by atoms with Crippen LogP contribution in [-0.2, 0) is 16.1 Å². The Labute approximate surface area is 105 Å². The van der Waals surface area contributed by atoms with Gasteiger partial charge in [-0.2, -0.15) is 0 Å². The fourth-order valence-electron chi connectivity index (χ4n) is 2.17. The van der Waals surface area contributed by atoms with Gasteiger partial charge in [0.25, 0.3) is 0 Å². The number of methoxy groups -OCH3 is 1. The number of phenolic OH excluding ortho intramolecular Hbond substituents is 1. The van der Waals surface area contributed by atoms with Crippen LogP contribution in [0.15, 0.2) is 24.3 Å². The summed E-state index contributed by atoms with van der Waals surface area (Å²) < 4.78 is 6.48. The van der Waals surface area contributed by atoms with Gasteiger partial charge in [0, 0.05) is 17.6 Å². The van der Waals surface area contributed by atoms with Crippen molar-refractivity contribution in [2.45, 2.75) is 19.5 Å². The number of aromatic nitrogens is 1. The lowest BCUT2D eigenvalue weighted by Crippen LogP contribution is -2.25. The largest absolute Gasteiger partial charge is 0.506 e.